The predicted molar refractivity (Wildman–Crippen MR) is 102 cm³/mol. The molecule has 3 rings (SSSR count). The highest BCUT2D eigenvalue weighted by atomic mass is 16.7. The highest BCUT2D eigenvalue weighted by Crippen LogP contribution is 2.36. The van der Waals surface area contributed by atoms with Crippen LogP contribution < -0.4 is 24.3 Å². The molecule has 6 heteroatoms. The molecule has 6 nitrogen and oxygen atoms in total. The second-order valence-electron chi connectivity index (χ2n) is 6.93. The molecule has 1 N–H and O–H groups in total. The molecule has 144 valence electrons. The van der Waals surface area contributed by atoms with E-state index in [-0.39, 0.29) is 18.1 Å². The molecule has 1 heterocycles. The van der Waals surface area contributed by atoms with Gasteiger partial charge in [-0.15, -0.1) is 0 Å². The topological polar surface area (TPSA) is 66.0 Å². The first-order valence-corrected chi connectivity index (χ1v) is 8.94. The lowest BCUT2D eigenvalue weighted by atomic mass is 9.84. The Labute approximate surface area is 159 Å². The minimum absolute atomic E-state index is 0.162. The van der Waals surface area contributed by atoms with Crippen LogP contribution in [0.2, 0.25) is 0 Å². The van der Waals surface area contributed by atoms with Crippen LogP contribution in [-0.2, 0) is 5.41 Å². The lowest BCUT2D eigenvalue weighted by molar-refractivity contribution is 0.0945. The van der Waals surface area contributed by atoms with Gasteiger partial charge in [0.05, 0.1) is 13.7 Å². The Balaban J connectivity index is 1.69. The molecule has 1 amide bonds. The van der Waals surface area contributed by atoms with Gasteiger partial charge in [0.25, 0.3) is 5.91 Å². The van der Waals surface area contributed by atoms with Crippen LogP contribution in [0.5, 0.6) is 23.0 Å². The number of amides is 1. The van der Waals surface area contributed by atoms with Gasteiger partial charge >= 0.3 is 0 Å². The summed E-state index contributed by atoms with van der Waals surface area (Å²) in [6.45, 7) is 7.30. The van der Waals surface area contributed by atoms with Crippen molar-refractivity contribution in [3.8, 4) is 23.0 Å². The maximum atomic E-state index is 12.6. The number of ether oxygens (including phenoxy) is 4. The SMILES string of the molecule is CCOc1ccc(C(=O)NCC(C)(C)c2ccc3c(c2)OCO3)cc1OC. The van der Waals surface area contributed by atoms with Gasteiger partial charge in [-0.2, -0.15) is 0 Å². The first-order valence-electron chi connectivity index (χ1n) is 8.94. The second kappa shape index (κ2) is 7.78. The van der Waals surface area contributed by atoms with E-state index >= 15 is 0 Å². The van der Waals surface area contributed by atoms with Crippen molar-refractivity contribution >= 4 is 5.91 Å². The Kier molecular flexibility index (Phi) is 5.44. The summed E-state index contributed by atoms with van der Waals surface area (Å²) in [5.74, 6) is 2.49. The second-order valence-corrected chi connectivity index (χ2v) is 6.93. The molecule has 0 fully saturated rings. The van der Waals surface area contributed by atoms with Crippen molar-refractivity contribution in [2.75, 3.05) is 27.1 Å². The highest BCUT2D eigenvalue weighted by molar-refractivity contribution is 5.95. The van der Waals surface area contributed by atoms with E-state index in [9.17, 15) is 4.79 Å². The number of methoxy groups -OCH3 is 1. The van der Waals surface area contributed by atoms with Crippen LogP contribution in [0.1, 0.15) is 36.7 Å². The molecule has 0 atom stereocenters. The van der Waals surface area contributed by atoms with Gasteiger partial charge in [0.1, 0.15) is 0 Å². The normalized spacial score (nSPS) is 12.6. The molecule has 27 heavy (non-hydrogen) atoms. The largest absolute Gasteiger partial charge is 0.493 e. The Morgan fingerprint density at radius 1 is 1.11 bits per heavy atom. The van der Waals surface area contributed by atoms with Gasteiger partial charge in [-0.3, -0.25) is 4.79 Å². The summed E-state index contributed by atoms with van der Waals surface area (Å²) in [4.78, 5) is 12.6. The zero-order valence-corrected chi connectivity index (χ0v) is 16.1. The van der Waals surface area contributed by atoms with Gasteiger partial charge in [0.15, 0.2) is 23.0 Å². The Bertz CT molecular complexity index is 831. The summed E-state index contributed by atoms with van der Waals surface area (Å²) < 4.78 is 21.6. The van der Waals surface area contributed by atoms with Crippen molar-refractivity contribution in [3.05, 3.63) is 47.5 Å². The number of rotatable bonds is 7. The summed E-state index contributed by atoms with van der Waals surface area (Å²) in [5.41, 5.74) is 1.32. The molecule has 0 aliphatic carbocycles. The van der Waals surface area contributed by atoms with Gasteiger partial charge in [-0.05, 0) is 42.8 Å². The fourth-order valence-corrected chi connectivity index (χ4v) is 2.91. The van der Waals surface area contributed by atoms with Crippen molar-refractivity contribution in [1.29, 1.82) is 0 Å². The fraction of sp³-hybridized carbons (Fsp3) is 0.381. The maximum absolute atomic E-state index is 12.6. The molecular weight excluding hydrogens is 346 g/mol. The third kappa shape index (κ3) is 4.10. The van der Waals surface area contributed by atoms with Crippen molar-refractivity contribution in [2.24, 2.45) is 0 Å². The monoisotopic (exact) mass is 371 g/mol. The first-order chi connectivity index (χ1) is 12.9. The van der Waals surface area contributed by atoms with Crippen molar-refractivity contribution in [2.45, 2.75) is 26.2 Å². The fourth-order valence-electron chi connectivity index (χ4n) is 2.91. The summed E-state index contributed by atoms with van der Waals surface area (Å²) >= 11 is 0. The minimum atomic E-state index is -0.272. The maximum Gasteiger partial charge on any atom is 0.251 e. The molecule has 1 aliphatic rings. The van der Waals surface area contributed by atoms with Crippen LogP contribution in [0.3, 0.4) is 0 Å². The molecule has 2 aromatic carbocycles. The third-order valence-corrected chi connectivity index (χ3v) is 4.57. The van der Waals surface area contributed by atoms with E-state index in [4.69, 9.17) is 18.9 Å². The third-order valence-electron chi connectivity index (χ3n) is 4.57. The summed E-state index contributed by atoms with van der Waals surface area (Å²) in [5, 5.41) is 3.00. The lowest BCUT2D eigenvalue weighted by Gasteiger charge is -2.26. The predicted octanol–water partition coefficient (Wildman–Crippen LogP) is 3.53. The number of fused-ring (bicyclic) bond motifs is 1. The molecule has 2 aromatic rings. The van der Waals surface area contributed by atoms with Crippen molar-refractivity contribution < 1.29 is 23.7 Å². The van der Waals surface area contributed by atoms with Gasteiger partial charge in [-0.1, -0.05) is 19.9 Å². The van der Waals surface area contributed by atoms with Gasteiger partial charge in [0.2, 0.25) is 6.79 Å². The highest BCUT2D eigenvalue weighted by Gasteiger charge is 2.25. The number of hydrogen-bond donors (Lipinski definition) is 1. The quantitative estimate of drug-likeness (QED) is 0.807. The van der Waals surface area contributed by atoms with Crippen LogP contribution in [0.25, 0.3) is 0 Å². The Morgan fingerprint density at radius 2 is 1.89 bits per heavy atom. The molecule has 0 bridgehead atoms. The van der Waals surface area contributed by atoms with Crippen LogP contribution in [0.4, 0.5) is 0 Å². The number of carbonyl (C=O) groups excluding carboxylic acids is 1. The average Bonchev–Trinajstić information content (AvgIpc) is 3.14. The number of carbonyl (C=O) groups is 1. The lowest BCUT2D eigenvalue weighted by Crippen LogP contribution is -2.36. The van der Waals surface area contributed by atoms with E-state index in [1.165, 1.54) is 0 Å². The molecule has 0 spiro atoms. The number of hydrogen-bond acceptors (Lipinski definition) is 5. The summed E-state index contributed by atoms with van der Waals surface area (Å²) in [6, 6.07) is 11.0. The number of benzene rings is 2. The van der Waals surface area contributed by atoms with E-state index in [1.807, 2.05) is 25.1 Å². The first kappa shape index (κ1) is 18.9. The molecule has 0 radical (unpaired) electrons. The van der Waals surface area contributed by atoms with E-state index in [1.54, 1.807) is 25.3 Å². The molecule has 0 saturated carbocycles. The molecule has 0 unspecified atom stereocenters. The van der Waals surface area contributed by atoms with Crippen molar-refractivity contribution in [1.82, 2.24) is 5.32 Å². The van der Waals surface area contributed by atoms with Crippen molar-refractivity contribution in [3.63, 3.8) is 0 Å². The molecule has 0 aromatic heterocycles. The minimum Gasteiger partial charge on any atom is -0.493 e. The number of nitrogens with one attached hydrogen (secondary N) is 1. The average molecular weight is 371 g/mol. The van der Waals surface area contributed by atoms with E-state index in [0.717, 1.165) is 17.1 Å². The smallest absolute Gasteiger partial charge is 0.251 e. The summed E-state index contributed by atoms with van der Waals surface area (Å²) in [7, 11) is 1.56. The molecular formula is C21H25NO5. The van der Waals surface area contributed by atoms with Gasteiger partial charge in [0, 0.05) is 17.5 Å². The van der Waals surface area contributed by atoms with E-state index in [2.05, 4.69) is 19.2 Å². The van der Waals surface area contributed by atoms with E-state index in [0.29, 0.717) is 30.2 Å². The Morgan fingerprint density at radius 3 is 2.63 bits per heavy atom. The van der Waals surface area contributed by atoms with Gasteiger partial charge in [-0.25, -0.2) is 0 Å². The summed E-state index contributed by atoms with van der Waals surface area (Å²) in [6.07, 6.45) is 0. The Hall–Kier alpha value is -2.89. The zero-order chi connectivity index (χ0) is 19.4. The van der Waals surface area contributed by atoms with Crippen LogP contribution >= 0.6 is 0 Å². The van der Waals surface area contributed by atoms with Crippen LogP contribution in [0.15, 0.2) is 36.4 Å². The zero-order valence-electron chi connectivity index (χ0n) is 16.1. The standard InChI is InChI=1S/C21H25NO5/c1-5-25-16-8-6-14(10-18(16)24-4)20(23)22-12-21(2,3)15-7-9-17-19(11-15)27-13-26-17/h6-11H,5,12-13H2,1-4H3,(H,22,23). The van der Waals surface area contributed by atoms with E-state index < -0.39 is 0 Å². The molecule has 0 saturated heterocycles. The van der Waals surface area contributed by atoms with Crippen LogP contribution in [0, 0.1) is 0 Å². The molecule has 1 aliphatic heterocycles. The van der Waals surface area contributed by atoms with Crippen LogP contribution in [-0.4, -0.2) is 33.0 Å². The van der Waals surface area contributed by atoms with Gasteiger partial charge < -0.3 is 24.3 Å².